The first-order chi connectivity index (χ1) is 8.92. The molecule has 1 saturated heterocycles. The van der Waals surface area contributed by atoms with E-state index in [1.165, 1.54) is 0 Å². The number of hydrogen-bond acceptors (Lipinski definition) is 5. The molecule has 2 aromatic heterocycles. The monoisotopic (exact) mass is 242 g/mol. The molecular formula is C13H14N4O. The summed E-state index contributed by atoms with van der Waals surface area (Å²) in [4.78, 5) is 12.5. The Bertz CT molecular complexity index is 494. The van der Waals surface area contributed by atoms with E-state index in [1.54, 1.807) is 24.8 Å². The SMILES string of the molecule is c1cc(-c2cnc(OC3CCNC3)nc2)ccn1. The Balaban J connectivity index is 1.72. The van der Waals surface area contributed by atoms with Crippen LogP contribution in [0.3, 0.4) is 0 Å². The van der Waals surface area contributed by atoms with Gasteiger partial charge in [-0.3, -0.25) is 4.98 Å². The van der Waals surface area contributed by atoms with E-state index in [1.807, 2.05) is 12.1 Å². The van der Waals surface area contributed by atoms with Gasteiger partial charge < -0.3 is 10.1 Å². The van der Waals surface area contributed by atoms with Crippen LogP contribution in [0, 0.1) is 0 Å². The first kappa shape index (κ1) is 11.1. The fourth-order valence-electron chi connectivity index (χ4n) is 1.95. The van der Waals surface area contributed by atoms with Gasteiger partial charge in [-0.25, -0.2) is 9.97 Å². The lowest BCUT2D eigenvalue weighted by molar-refractivity contribution is 0.204. The topological polar surface area (TPSA) is 59.9 Å². The molecule has 1 unspecified atom stereocenters. The number of hydrogen-bond donors (Lipinski definition) is 1. The van der Waals surface area contributed by atoms with Gasteiger partial charge in [-0.2, -0.15) is 0 Å². The maximum Gasteiger partial charge on any atom is 0.316 e. The maximum absolute atomic E-state index is 5.67. The largest absolute Gasteiger partial charge is 0.459 e. The summed E-state index contributed by atoms with van der Waals surface area (Å²) in [5.41, 5.74) is 2.02. The quantitative estimate of drug-likeness (QED) is 0.878. The number of rotatable bonds is 3. The summed E-state index contributed by atoms with van der Waals surface area (Å²) in [5, 5.41) is 3.24. The Labute approximate surface area is 105 Å². The fraction of sp³-hybridized carbons (Fsp3) is 0.308. The van der Waals surface area contributed by atoms with Crippen LogP contribution in [0.1, 0.15) is 6.42 Å². The second-order valence-electron chi connectivity index (χ2n) is 4.22. The van der Waals surface area contributed by atoms with Crippen molar-refractivity contribution in [2.75, 3.05) is 13.1 Å². The van der Waals surface area contributed by atoms with Crippen LogP contribution in [0.15, 0.2) is 36.9 Å². The van der Waals surface area contributed by atoms with Crippen LogP contribution in [-0.4, -0.2) is 34.1 Å². The molecule has 1 aliphatic rings. The average molecular weight is 242 g/mol. The van der Waals surface area contributed by atoms with Crippen molar-refractivity contribution in [1.82, 2.24) is 20.3 Å². The predicted octanol–water partition coefficient (Wildman–Crippen LogP) is 1.28. The molecule has 18 heavy (non-hydrogen) atoms. The minimum Gasteiger partial charge on any atom is -0.459 e. The molecule has 3 rings (SSSR count). The highest BCUT2D eigenvalue weighted by Gasteiger charge is 2.16. The van der Waals surface area contributed by atoms with E-state index in [0.717, 1.165) is 30.6 Å². The maximum atomic E-state index is 5.67. The molecule has 5 heteroatoms. The van der Waals surface area contributed by atoms with E-state index in [4.69, 9.17) is 4.74 Å². The predicted molar refractivity (Wildman–Crippen MR) is 67.2 cm³/mol. The Kier molecular flexibility index (Phi) is 3.14. The van der Waals surface area contributed by atoms with E-state index in [0.29, 0.717) is 6.01 Å². The minimum absolute atomic E-state index is 0.191. The first-order valence-electron chi connectivity index (χ1n) is 6.01. The van der Waals surface area contributed by atoms with Crippen molar-refractivity contribution in [2.24, 2.45) is 0 Å². The van der Waals surface area contributed by atoms with Gasteiger partial charge in [-0.05, 0) is 30.7 Å². The lowest BCUT2D eigenvalue weighted by Crippen LogP contribution is -2.20. The van der Waals surface area contributed by atoms with Crippen LogP contribution in [0.2, 0.25) is 0 Å². The van der Waals surface area contributed by atoms with Crippen molar-refractivity contribution >= 4 is 0 Å². The Hall–Kier alpha value is -2.01. The fourth-order valence-corrected chi connectivity index (χ4v) is 1.95. The van der Waals surface area contributed by atoms with Gasteiger partial charge in [-0.1, -0.05) is 0 Å². The third-order valence-electron chi connectivity index (χ3n) is 2.93. The molecule has 0 amide bonds. The standard InChI is InChI=1S/C13H14N4O/c1-4-14-5-2-10(1)11-7-16-13(17-8-11)18-12-3-6-15-9-12/h1-2,4-5,7-8,12,15H,3,6,9H2. The molecule has 1 N–H and O–H groups in total. The van der Waals surface area contributed by atoms with E-state index < -0.39 is 0 Å². The number of aromatic nitrogens is 3. The van der Waals surface area contributed by atoms with Crippen LogP contribution in [0.25, 0.3) is 11.1 Å². The van der Waals surface area contributed by atoms with Gasteiger partial charge in [0.2, 0.25) is 0 Å². The third kappa shape index (κ3) is 2.46. The molecule has 0 spiro atoms. The molecule has 3 heterocycles. The van der Waals surface area contributed by atoms with Crippen LogP contribution in [0.4, 0.5) is 0 Å². The molecule has 1 atom stereocenters. The summed E-state index contributed by atoms with van der Waals surface area (Å²) in [6.45, 7) is 1.87. The average Bonchev–Trinajstić information content (AvgIpc) is 2.94. The normalized spacial score (nSPS) is 18.8. The van der Waals surface area contributed by atoms with Gasteiger partial charge in [-0.15, -0.1) is 0 Å². The van der Waals surface area contributed by atoms with Crippen molar-refractivity contribution in [2.45, 2.75) is 12.5 Å². The van der Waals surface area contributed by atoms with Gasteiger partial charge in [0, 0.05) is 36.9 Å². The smallest absolute Gasteiger partial charge is 0.316 e. The Morgan fingerprint density at radius 3 is 2.56 bits per heavy atom. The summed E-state index contributed by atoms with van der Waals surface area (Å²) in [6, 6.07) is 4.31. The van der Waals surface area contributed by atoms with E-state index in [2.05, 4.69) is 20.3 Å². The second kappa shape index (κ2) is 5.10. The van der Waals surface area contributed by atoms with Crippen molar-refractivity contribution < 1.29 is 4.74 Å². The highest BCUT2D eigenvalue weighted by molar-refractivity contribution is 5.60. The van der Waals surface area contributed by atoms with Crippen LogP contribution in [0.5, 0.6) is 6.01 Å². The third-order valence-corrected chi connectivity index (χ3v) is 2.93. The molecule has 0 saturated carbocycles. The molecule has 1 fully saturated rings. The van der Waals surface area contributed by atoms with Crippen LogP contribution in [-0.2, 0) is 0 Å². The van der Waals surface area contributed by atoms with Crippen molar-refractivity contribution in [3.8, 4) is 17.1 Å². The molecule has 0 radical (unpaired) electrons. The molecular weight excluding hydrogens is 228 g/mol. The summed E-state index contributed by atoms with van der Waals surface area (Å²) < 4.78 is 5.67. The summed E-state index contributed by atoms with van der Waals surface area (Å²) in [6.07, 6.45) is 8.26. The zero-order chi connectivity index (χ0) is 12.2. The highest BCUT2D eigenvalue weighted by Crippen LogP contribution is 2.17. The van der Waals surface area contributed by atoms with Gasteiger partial charge in [0.15, 0.2) is 0 Å². The summed E-state index contributed by atoms with van der Waals surface area (Å²) in [5.74, 6) is 0. The zero-order valence-corrected chi connectivity index (χ0v) is 9.91. The highest BCUT2D eigenvalue weighted by atomic mass is 16.5. The zero-order valence-electron chi connectivity index (χ0n) is 9.91. The number of pyridine rings is 1. The molecule has 2 aromatic rings. The molecule has 0 aliphatic carbocycles. The second-order valence-corrected chi connectivity index (χ2v) is 4.22. The van der Waals surface area contributed by atoms with Crippen molar-refractivity contribution in [3.63, 3.8) is 0 Å². The van der Waals surface area contributed by atoms with E-state index in [9.17, 15) is 0 Å². The number of nitrogens with one attached hydrogen (secondary N) is 1. The molecule has 1 aliphatic heterocycles. The van der Waals surface area contributed by atoms with Gasteiger partial charge in [0.25, 0.3) is 0 Å². The molecule has 0 bridgehead atoms. The van der Waals surface area contributed by atoms with Crippen LogP contribution >= 0.6 is 0 Å². The first-order valence-corrected chi connectivity index (χ1v) is 6.01. The van der Waals surface area contributed by atoms with Crippen LogP contribution < -0.4 is 10.1 Å². The van der Waals surface area contributed by atoms with Gasteiger partial charge >= 0.3 is 6.01 Å². The summed E-state index contributed by atoms with van der Waals surface area (Å²) >= 11 is 0. The van der Waals surface area contributed by atoms with Gasteiger partial charge in [0.05, 0.1) is 0 Å². The van der Waals surface area contributed by atoms with Gasteiger partial charge in [0.1, 0.15) is 6.10 Å². The van der Waals surface area contributed by atoms with E-state index >= 15 is 0 Å². The lowest BCUT2D eigenvalue weighted by Gasteiger charge is -2.10. The molecule has 0 aromatic carbocycles. The lowest BCUT2D eigenvalue weighted by atomic mass is 10.1. The molecule has 92 valence electrons. The number of ether oxygens (including phenoxy) is 1. The number of nitrogens with zero attached hydrogens (tertiary/aromatic N) is 3. The Morgan fingerprint density at radius 2 is 1.89 bits per heavy atom. The molecule has 5 nitrogen and oxygen atoms in total. The van der Waals surface area contributed by atoms with Crippen molar-refractivity contribution in [3.05, 3.63) is 36.9 Å². The van der Waals surface area contributed by atoms with Crippen molar-refractivity contribution in [1.29, 1.82) is 0 Å². The Morgan fingerprint density at radius 1 is 1.11 bits per heavy atom. The minimum atomic E-state index is 0.191. The summed E-state index contributed by atoms with van der Waals surface area (Å²) in [7, 11) is 0. The van der Waals surface area contributed by atoms with E-state index in [-0.39, 0.29) is 6.10 Å².